The van der Waals surface area contributed by atoms with Gasteiger partial charge in [0.1, 0.15) is 5.75 Å². The van der Waals surface area contributed by atoms with Crippen LogP contribution in [0.2, 0.25) is 5.02 Å². The molecule has 0 spiro atoms. The van der Waals surface area contributed by atoms with Crippen molar-refractivity contribution in [3.05, 3.63) is 28.8 Å². The summed E-state index contributed by atoms with van der Waals surface area (Å²) in [5.74, 6) is 1.66. The summed E-state index contributed by atoms with van der Waals surface area (Å²) in [6, 6.07) is 6.04. The maximum Gasteiger partial charge on any atom is 0.138 e. The highest BCUT2D eigenvalue weighted by Crippen LogP contribution is 2.33. The summed E-state index contributed by atoms with van der Waals surface area (Å²) in [6.07, 6.45) is 6.57. The molecule has 0 aliphatic heterocycles. The van der Waals surface area contributed by atoms with E-state index in [0.717, 1.165) is 28.4 Å². The maximum absolute atomic E-state index is 6.25. The Kier molecular flexibility index (Phi) is 5.38. The molecule has 100 valence electrons. The van der Waals surface area contributed by atoms with Crippen LogP contribution < -0.4 is 4.74 Å². The smallest absolute Gasteiger partial charge is 0.138 e. The molecule has 1 aromatic carbocycles. The molecule has 0 heterocycles. The van der Waals surface area contributed by atoms with Gasteiger partial charge < -0.3 is 4.74 Å². The molecular weight excluding hydrogens is 312 g/mol. The maximum atomic E-state index is 6.25. The van der Waals surface area contributed by atoms with E-state index in [-0.39, 0.29) is 0 Å². The first-order valence-corrected chi connectivity index (χ1v) is 8.24. The van der Waals surface area contributed by atoms with E-state index in [9.17, 15) is 0 Å². The van der Waals surface area contributed by atoms with Crippen LogP contribution in [0.3, 0.4) is 0 Å². The number of hydrogen-bond acceptors (Lipinski definition) is 1. The van der Waals surface area contributed by atoms with Crippen LogP contribution in [0, 0.1) is 5.92 Å². The highest BCUT2D eigenvalue weighted by atomic mass is 79.9. The summed E-state index contributed by atoms with van der Waals surface area (Å²) in [5, 5.41) is 1.56. The molecule has 2 atom stereocenters. The van der Waals surface area contributed by atoms with E-state index < -0.39 is 0 Å². The summed E-state index contributed by atoms with van der Waals surface area (Å²) < 4.78 is 6.07. The van der Waals surface area contributed by atoms with Gasteiger partial charge >= 0.3 is 0 Å². The molecule has 1 aliphatic rings. The Balaban J connectivity index is 2.00. The molecule has 0 bridgehead atoms. The zero-order valence-corrected chi connectivity index (χ0v) is 13.1. The Bertz CT molecular complexity index is 394. The molecule has 1 aromatic rings. The van der Waals surface area contributed by atoms with Crippen LogP contribution in [0.25, 0.3) is 0 Å². The van der Waals surface area contributed by atoms with E-state index in [1.54, 1.807) is 0 Å². The van der Waals surface area contributed by atoms with Crippen molar-refractivity contribution in [3.8, 4) is 5.75 Å². The fourth-order valence-electron chi connectivity index (χ4n) is 2.62. The number of halogens is 2. The Morgan fingerprint density at radius 3 is 2.89 bits per heavy atom. The molecule has 0 N–H and O–H groups in total. The van der Waals surface area contributed by atoms with Gasteiger partial charge in [-0.25, -0.2) is 0 Å². The minimum absolute atomic E-state index is 0.344. The van der Waals surface area contributed by atoms with Crippen LogP contribution in [0.5, 0.6) is 5.75 Å². The lowest BCUT2D eigenvalue weighted by atomic mass is 9.85. The largest absolute Gasteiger partial charge is 0.489 e. The van der Waals surface area contributed by atoms with Crippen molar-refractivity contribution >= 4 is 27.5 Å². The van der Waals surface area contributed by atoms with E-state index in [0.29, 0.717) is 6.10 Å². The molecule has 18 heavy (non-hydrogen) atoms. The number of hydrogen-bond donors (Lipinski definition) is 0. The molecule has 1 nitrogen and oxygen atoms in total. The minimum atomic E-state index is 0.344. The van der Waals surface area contributed by atoms with Crippen LogP contribution >= 0.6 is 27.5 Å². The molecule has 0 aromatic heterocycles. The van der Waals surface area contributed by atoms with Gasteiger partial charge in [-0.2, -0.15) is 0 Å². The number of ether oxygens (including phenoxy) is 1. The van der Waals surface area contributed by atoms with Crippen molar-refractivity contribution in [2.75, 3.05) is 0 Å². The lowest BCUT2D eigenvalue weighted by Crippen LogP contribution is -2.25. The first kappa shape index (κ1) is 14.2. The SMILES string of the molecule is CCC1CCCC(Oc2ccc(CBr)cc2Cl)C1. The van der Waals surface area contributed by atoms with E-state index in [4.69, 9.17) is 16.3 Å². The third-order valence-corrected chi connectivity index (χ3v) is 4.70. The number of benzene rings is 1. The van der Waals surface area contributed by atoms with Crippen LogP contribution in [-0.4, -0.2) is 6.10 Å². The highest BCUT2D eigenvalue weighted by Gasteiger charge is 2.22. The molecule has 3 heteroatoms. The van der Waals surface area contributed by atoms with Gasteiger partial charge in [0.2, 0.25) is 0 Å². The second-order valence-corrected chi connectivity index (χ2v) is 6.05. The zero-order chi connectivity index (χ0) is 13.0. The van der Waals surface area contributed by atoms with Crippen molar-refractivity contribution in [2.24, 2.45) is 5.92 Å². The third-order valence-electron chi connectivity index (χ3n) is 3.76. The predicted octanol–water partition coefficient (Wildman–Crippen LogP) is 5.58. The van der Waals surface area contributed by atoms with E-state index >= 15 is 0 Å². The Labute approximate surface area is 123 Å². The molecule has 1 saturated carbocycles. The van der Waals surface area contributed by atoms with Gasteiger partial charge in [-0.3, -0.25) is 0 Å². The van der Waals surface area contributed by atoms with Gasteiger partial charge in [0, 0.05) is 5.33 Å². The molecule has 2 rings (SSSR count). The quantitative estimate of drug-likeness (QED) is 0.654. The highest BCUT2D eigenvalue weighted by molar-refractivity contribution is 9.08. The van der Waals surface area contributed by atoms with Crippen LogP contribution in [0.1, 0.15) is 44.6 Å². The van der Waals surface area contributed by atoms with Crippen molar-refractivity contribution in [3.63, 3.8) is 0 Å². The monoisotopic (exact) mass is 330 g/mol. The van der Waals surface area contributed by atoms with Gasteiger partial charge in [0.15, 0.2) is 0 Å². The zero-order valence-electron chi connectivity index (χ0n) is 10.8. The summed E-state index contributed by atoms with van der Waals surface area (Å²) in [7, 11) is 0. The van der Waals surface area contributed by atoms with Gasteiger partial charge in [-0.1, -0.05) is 53.4 Å². The predicted molar refractivity (Wildman–Crippen MR) is 80.7 cm³/mol. The van der Waals surface area contributed by atoms with Crippen molar-refractivity contribution in [1.29, 1.82) is 0 Å². The van der Waals surface area contributed by atoms with Crippen molar-refractivity contribution in [1.82, 2.24) is 0 Å². The molecule has 2 unspecified atom stereocenters. The third kappa shape index (κ3) is 3.64. The fraction of sp³-hybridized carbons (Fsp3) is 0.600. The molecule has 1 aliphatic carbocycles. The standard InChI is InChI=1S/C15H20BrClO/c1-2-11-4-3-5-13(8-11)18-15-7-6-12(10-16)9-14(15)17/h6-7,9,11,13H,2-5,8,10H2,1H3. The van der Waals surface area contributed by atoms with Gasteiger partial charge in [-0.05, 0) is 42.9 Å². The fourth-order valence-corrected chi connectivity index (χ4v) is 3.22. The van der Waals surface area contributed by atoms with Gasteiger partial charge in [-0.15, -0.1) is 0 Å². The Morgan fingerprint density at radius 2 is 2.22 bits per heavy atom. The van der Waals surface area contributed by atoms with E-state index in [2.05, 4.69) is 28.9 Å². The van der Waals surface area contributed by atoms with E-state index in [1.807, 2.05) is 12.1 Å². The molecular formula is C15H20BrClO. The summed E-state index contributed by atoms with van der Waals surface area (Å²) >= 11 is 9.68. The Morgan fingerprint density at radius 1 is 1.39 bits per heavy atom. The number of alkyl halides is 1. The molecule has 0 radical (unpaired) electrons. The minimum Gasteiger partial charge on any atom is -0.489 e. The van der Waals surface area contributed by atoms with Crippen molar-refractivity contribution < 1.29 is 4.74 Å². The van der Waals surface area contributed by atoms with Gasteiger partial charge in [0.05, 0.1) is 11.1 Å². The first-order valence-electron chi connectivity index (χ1n) is 6.74. The summed E-state index contributed by atoms with van der Waals surface area (Å²) in [4.78, 5) is 0. The first-order chi connectivity index (χ1) is 8.72. The molecule has 0 amide bonds. The summed E-state index contributed by atoms with van der Waals surface area (Å²) in [6.45, 7) is 2.27. The average Bonchev–Trinajstić information content (AvgIpc) is 2.41. The normalized spacial score (nSPS) is 23.9. The number of rotatable bonds is 4. The second-order valence-electron chi connectivity index (χ2n) is 5.08. The average molecular weight is 332 g/mol. The molecule has 1 fully saturated rings. The topological polar surface area (TPSA) is 9.23 Å². The van der Waals surface area contributed by atoms with Gasteiger partial charge in [0.25, 0.3) is 0 Å². The van der Waals surface area contributed by atoms with Crippen molar-refractivity contribution in [2.45, 2.75) is 50.5 Å². The molecule has 0 saturated heterocycles. The Hall–Kier alpha value is -0.210. The second kappa shape index (κ2) is 6.81. The summed E-state index contributed by atoms with van der Waals surface area (Å²) in [5.41, 5.74) is 1.18. The lowest BCUT2D eigenvalue weighted by Gasteiger charge is -2.29. The van der Waals surface area contributed by atoms with Crippen LogP contribution in [0.15, 0.2) is 18.2 Å². The van der Waals surface area contributed by atoms with Crippen LogP contribution in [-0.2, 0) is 5.33 Å². The van der Waals surface area contributed by atoms with E-state index in [1.165, 1.54) is 31.2 Å². The lowest BCUT2D eigenvalue weighted by molar-refractivity contribution is 0.122. The van der Waals surface area contributed by atoms with Crippen LogP contribution in [0.4, 0.5) is 0 Å².